The van der Waals surface area contributed by atoms with Crippen LogP contribution in [0.5, 0.6) is 0 Å². The second-order valence-electron chi connectivity index (χ2n) is 5.90. The van der Waals surface area contributed by atoms with E-state index in [0.29, 0.717) is 22.6 Å². The Morgan fingerprint density at radius 1 is 1.15 bits per heavy atom. The van der Waals surface area contributed by atoms with Crippen molar-refractivity contribution < 1.29 is 13.2 Å². The summed E-state index contributed by atoms with van der Waals surface area (Å²) >= 11 is 0. The monoisotopic (exact) mass is 385 g/mol. The van der Waals surface area contributed by atoms with Gasteiger partial charge in [-0.1, -0.05) is 0 Å². The Morgan fingerprint density at radius 2 is 1.93 bits per heavy atom. The highest BCUT2D eigenvalue weighted by atomic mass is 32.2. The zero-order valence-corrected chi connectivity index (χ0v) is 15.9. The molecule has 0 aliphatic carbocycles. The SMILES string of the molecule is CNS(=O)(=O)c1cc(C(=O)Nc2cccnc2-n2cccn2)cc(C)c1C. The van der Waals surface area contributed by atoms with Gasteiger partial charge in [-0.25, -0.2) is 22.8 Å². The molecule has 140 valence electrons. The van der Waals surface area contributed by atoms with Gasteiger partial charge in [-0.3, -0.25) is 4.79 Å². The standard InChI is InChI=1S/C18H19N5O3S/c1-12-10-14(11-16(13(12)2)27(25,26)19-3)18(24)22-15-6-4-7-20-17(15)23-9-5-8-21-23/h4-11,19H,1-3H3,(H,22,24). The molecule has 1 aromatic carbocycles. The summed E-state index contributed by atoms with van der Waals surface area (Å²) in [6, 6.07) is 8.17. The zero-order valence-electron chi connectivity index (χ0n) is 15.1. The molecule has 0 bridgehead atoms. The third-order valence-corrected chi connectivity index (χ3v) is 5.74. The van der Waals surface area contributed by atoms with Crippen LogP contribution in [0.25, 0.3) is 5.82 Å². The molecule has 0 radical (unpaired) electrons. The lowest BCUT2D eigenvalue weighted by Crippen LogP contribution is -2.21. The van der Waals surface area contributed by atoms with Crippen LogP contribution in [0, 0.1) is 13.8 Å². The van der Waals surface area contributed by atoms with Crippen molar-refractivity contribution in [3.63, 3.8) is 0 Å². The van der Waals surface area contributed by atoms with Gasteiger partial charge in [0.2, 0.25) is 10.0 Å². The number of pyridine rings is 1. The van der Waals surface area contributed by atoms with Crippen molar-refractivity contribution in [1.82, 2.24) is 19.5 Å². The number of carbonyl (C=O) groups excluding carboxylic acids is 1. The van der Waals surface area contributed by atoms with E-state index < -0.39 is 15.9 Å². The molecule has 0 atom stereocenters. The molecule has 2 aromatic heterocycles. The highest BCUT2D eigenvalue weighted by molar-refractivity contribution is 7.89. The molecule has 8 nitrogen and oxygen atoms in total. The van der Waals surface area contributed by atoms with Gasteiger partial charge in [-0.05, 0) is 62.4 Å². The fourth-order valence-corrected chi connectivity index (χ4v) is 3.68. The summed E-state index contributed by atoms with van der Waals surface area (Å²) in [5.41, 5.74) is 2.00. The summed E-state index contributed by atoms with van der Waals surface area (Å²) in [7, 11) is -2.34. The number of amides is 1. The number of hydrogen-bond donors (Lipinski definition) is 2. The summed E-state index contributed by atoms with van der Waals surface area (Å²) < 4.78 is 28.3. The third kappa shape index (κ3) is 3.74. The minimum absolute atomic E-state index is 0.0774. The lowest BCUT2D eigenvalue weighted by Gasteiger charge is -2.13. The lowest BCUT2D eigenvalue weighted by atomic mass is 10.1. The van der Waals surface area contributed by atoms with Gasteiger partial charge in [0.15, 0.2) is 5.82 Å². The van der Waals surface area contributed by atoms with Crippen LogP contribution >= 0.6 is 0 Å². The highest BCUT2D eigenvalue weighted by Crippen LogP contribution is 2.23. The Kier molecular flexibility index (Phi) is 5.06. The van der Waals surface area contributed by atoms with Crippen LogP contribution in [-0.4, -0.2) is 36.1 Å². The number of sulfonamides is 1. The number of nitrogens with zero attached hydrogens (tertiary/aromatic N) is 3. The van der Waals surface area contributed by atoms with Crippen molar-refractivity contribution in [2.45, 2.75) is 18.7 Å². The number of aryl methyl sites for hydroxylation is 1. The van der Waals surface area contributed by atoms with Crippen molar-refractivity contribution in [2.24, 2.45) is 0 Å². The average molecular weight is 385 g/mol. The fourth-order valence-electron chi connectivity index (χ4n) is 2.61. The molecule has 1 amide bonds. The zero-order chi connectivity index (χ0) is 19.6. The molecule has 2 heterocycles. The summed E-state index contributed by atoms with van der Waals surface area (Å²) in [5.74, 6) is 0.0230. The number of carbonyl (C=O) groups is 1. The maximum absolute atomic E-state index is 12.8. The summed E-state index contributed by atoms with van der Waals surface area (Å²) in [5, 5.41) is 6.91. The first-order valence-electron chi connectivity index (χ1n) is 8.14. The minimum atomic E-state index is -3.68. The number of benzene rings is 1. The van der Waals surface area contributed by atoms with Gasteiger partial charge in [0, 0.05) is 24.2 Å². The van der Waals surface area contributed by atoms with E-state index >= 15 is 0 Å². The van der Waals surface area contributed by atoms with Gasteiger partial charge < -0.3 is 5.32 Å². The molecule has 0 saturated carbocycles. The first-order chi connectivity index (χ1) is 12.8. The van der Waals surface area contributed by atoms with Crippen molar-refractivity contribution in [3.05, 3.63) is 65.6 Å². The van der Waals surface area contributed by atoms with Gasteiger partial charge >= 0.3 is 0 Å². The van der Waals surface area contributed by atoms with Gasteiger partial charge in [0.1, 0.15) is 0 Å². The predicted molar refractivity (Wildman–Crippen MR) is 101 cm³/mol. The Balaban J connectivity index is 1.99. The van der Waals surface area contributed by atoms with Crippen LogP contribution in [0.1, 0.15) is 21.5 Å². The van der Waals surface area contributed by atoms with E-state index in [2.05, 4.69) is 20.1 Å². The van der Waals surface area contributed by atoms with Gasteiger partial charge in [0.05, 0.1) is 10.6 Å². The topological polar surface area (TPSA) is 106 Å². The van der Waals surface area contributed by atoms with Crippen molar-refractivity contribution >= 4 is 21.6 Å². The second kappa shape index (κ2) is 7.29. The third-order valence-electron chi connectivity index (χ3n) is 4.20. The van der Waals surface area contributed by atoms with E-state index in [1.165, 1.54) is 17.8 Å². The molecule has 3 rings (SSSR count). The lowest BCUT2D eigenvalue weighted by molar-refractivity contribution is 0.102. The number of nitrogens with one attached hydrogen (secondary N) is 2. The van der Waals surface area contributed by atoms with Crippen LogP contribution < -0.4 is 10.0 Å². The smallest absolute Gasteiger partial charge is 0.255 e. The number of rotatable bonds is 5. The minimum Gasteiger partial charge on any atom is -0.319 e. The van der Waals surface area contributed by atoms with Gasteiger partial charge in [-0.15, -0.1) is 0 Å². The van der Waals surface area contributed by atoms with Crippen molar-refractivity contribution in [1.29, 1.82) is 0 Å². The van der Waals surface area contributed by atoms with Gasteiger partial charge in [0.25, 0.3) is 5.91 Å². The molecule has 27 heavy (non-hydrogen) atoms. The van der Waals surface area contributed by atoms with E-state index in [0.717, 1.165) is 0 Å². The van der Waals surface area contributed by atoms with Crippen molar-refractivity contribution in [3.8, 4) is 5.82 Å². The predicted octanol–water partition coefficient (Wildman–Crippen LogP) is 2.04. The van der Waals surface area contributed by atoms with E-state index in [4.69, 9.17) is 0 Å². The molecule has 0 fully saturated rings. The molecule has 0 spiro atoms. The Bertz CT molecular complexity index is 1090. The molecular weight excluding hydrogens is 366 g/mol. The van der Waals surface area contributed by atoms with Crippen LogP contribution in [0.3, 0.4) is 0 Å². The summed E-state index contributed by atoms with van der Waals surface area (Å²) in [6.07, 6.45) is 4.92. The molecule has 3 aromatic rings. The number of aromatic nitrogens is 3. The molecule has 0 aliphatic rings. The highest BCUT2D eigenvalue weighted by Gasteiger charge is 2.20. The molecule has 0 aliphatic heterocycles. The molecule has 0 saturated heterocycles. The van der Waals surface area contributed by atoms with Gasteiger partial charge in [-0.2, -0.15) is 5.10 Å². The Labute approximate surface area is 157 Å². The molecule has 0 unspecified atom stereocenters. The van der Waals surface area contributed by atoms with Crippen LogP contribution in [0.15, 0.2) is 53.8 Å². The molecular formula is C18H19N5O3S. The maximum Gasteiger partial charge on any atom is 0.255 e. The molecule has 2 N–H and O–H groups in total. The first kappa shape index (κ1) is 18.7. The Hall–Kier alpha value is -3.04. The quantitative estimate of drug-likeness (QED) is 0.699. The fraction of sp³-hybridized carbons (Fsp3) is 0.167. The van der Waals surface area contributed by atoms with Crippen LogP contribution in [0.4, 0.5) is 5.69 Å². The maximum atomic E-state index is 12.8. The summed E-state index contributed by atoms with van der Waals surface area (Å²) in [4.78, 5) is 17.1. The normalized spacial score (nSPS) is 11.4. The van der Waals surface area contributed by atoms with Crippen molar-refractivity contribution in [2.75, 3.05) is 12.4 Å². The average Bonchev–Trinajstić information content (AvgIpc) is 3.18. The van der Waals surface area contributed by atoms with Crippen LogP contribution in [0.2, 0.25) is 0 Å². The van der Waals surface area contributed by atoms with E-state index in [9.17, 15) is 13.2 Å². The largest absolute Gasteiger partial charge is 0.319 e. The number of hydrogen-bond acceptors (Lipinski definition) is 5. The molecule has 9 heteroatoms. The second-order valence-corrected chi connectivity index (χ2v) is 7.76. The van der Waals surface area contributed by atoms with E-state index in [-0.39, 0.29) is 10.5 Å². The number of anilines is 1. The Morgan fingerprint density at radius 3 is 2.59 bits per heavy atom. The van der Waals surface area contributed by atoms with E-state index in [1.807, 2.05) is 0 Å². The van der Waals surface area contributed by atoms with Crippen LogP contribution in [-0.2, 0) is 10.0 Å². The first-order valence-corrected chi connectivity index (χ1v) is 9.63. The van der Waals surface area contributed by atoms with E-state index in [1.54, 1.807) is 56.7 Å². The summed E-state index contributed by atoms with van der Waals surface area (Å²) in [6.45, 7) is 3.47.